The highest BCUT2D eigenvalue weighted by Gasteiger charge is 2.22. The van der Waals surface area contributed by atoms with Gasteiger partial charge in [-0.2, -0.15) is 0 Å². The molecule has 2 atom stereocenters. The minimum Gasteiger partial charge on any atom is -0.461 e. The summed E-state index contributed by atoms with van der Waals surface area (Å²) in [5.41, 5.74) is 0.441. The summed E-state index contributed by atoms with van der Waals surface area (Å²) in [6.45, 7) is 4.03. The lowest BCUT2D eigenvalue weighted by molar-refractivity contribution is -0.122. The van der Waals surface area contributed by atoms with Crippen LogP contribution in [0.5, 0.6) is 0 Å². The fourth-order valence-electron chi connectivity index (χ4n) is 3.06. The molecule has 128 valence electrons. The second kappa shape index (κ2) is 7.62. The fraction of sp³-hybridized carbons (Fsp3) is 0.421. The van der Waals surface area contributed by atoms with E-state index >= 15 is 0 Å². The average Bonchev–Trinajstić information content (AvgIpc) is 3.04. The smallest absolute Gasteiger partial charge is 0.220 e. The van der Waals surface area contributed by atoms with Gasteiger partial charge in [-0.1, -0.05) is 19.1 Å². The third-order valence-electron chi connectivity index (χ3n) is 4.53. The largest absolute Gasteiger partial charge is 0.461 e. The second-order valence-electron chi connectivity index (χ2n) is 6.39. The SMILES string of the molecule is CC1CNCCC1NC(=O)CCc1ccc(-c2ccccc2F)o1. The van der Waals surface area contributed by atoms with E-state index < -0.39 is 0 Å². The molecule has 2 heterocycles. The standard InChI is InChI=1S/C19H23FN2O2/c1-13-12-21-11-10-17(13)22-19(23)9-7-14-6-8-18(24-14)15-4-2-3-5-16(15)20/h2-6,8,13,17,21H,7,9-12H2,1H3,(H,22,23). The van der Waals surface area contributed by atoms with Crippen molar-refractivity contribution >= 4 is 5.91 Å². The molecule has 0 saturated carbocycles. The van der Waals surface area contributed by atoms with Gasteiger partial charge >= 0.3 is 0 Å². The lowest BCUT2D eigenvalue weighted by Crippen LogP contribution is -2.48. The summed E-state index contributed by atoms with van der Waals surface area (Å²) >= 11 is 0. The molecule has 2 aromatic rings. The van der Waals surface area contributed by atoms with E-state index in [1.807, 2.05) is 6.07 Å². The first kappa shape index (κ1) is 16.7. The third kappa shape index (κ3) is 4.03. The van der Waals surface area contributed by atoms with E-state index in [1.165, 1.54) is 6.07 Å². The van der Waals surface area contributed by atoms with Gasteiger partial charge in [0.15, 0.2) is 0 Å². The van der Waals surface area contributed by atoms with Crippen molar-refractivity contribution in [2.24, 2.45) is 5.92 Å². The second-order valence-corrected chi connectivity index (χ2v) is 6.39. The molecule has 2 unspecified atom stereocenters. The van der Waals surface area contributed by atoms with Gasteiger partial charge in [-0.3, -0.25) is 4.79 Å². The Labute approximate surface area is 141 Å². The van der Waals surface area contributed by atoms with Gasteiger partial charge in [0.05, 0.1) is 5.56 Å². The van der Waals surface area contributed by atoms with Gasteiger partial charge in [0.2, 0.25) is 5.91 Å². The summed E-state index contributed by atoms with van der Waals surface area (Å²) in [4.78, 5) is 12.1. The predicted molar refractivity (Wildman–Crippen MR) is 91.0 cm³/mol. The summed E-state index contributed by atoms with van der Waals surface area (Å²) in [5, 5.41) is 6.43. The minimum atomic E-state index is -0.309. The zero-order valence-electron chi connectivity index (χ0n) is 13.8. The van der Waals surface area contributed by atoms with Crippen molar-refractivity contribution in [3.63, 3.8) is 0 Å². The van der Waals surface area contributed by atoms with Crippen LogP contribution in [0.2, 0.25) is 0 Å². The average molecular weight is 330 g/mol. The summed E-state index contributed by atoms with van der Waals surface area (Å²) < 4.78 is 19.4. The van der Waals surface area contributed by atoms with Crippen LogP contribution in [0.4, 0.5) is 4.39 Å². The Morgan fingerprint density at radius 1 is 1.33 bits per heavy atom. The molecule has 0 aliphatic carbocycles. The number of carbonyl (C=O) groups excluding carboxylic acids is 1. The monoisotopic (exact) mass is 330 g/mol. The lowest BCUT2D eigenvalue weighted by atomic mass is 9.95. The number of amides is 1. The van der Waals surface area contributed by atoms with Crippen LogP contribution in [0.15, 0.2) is 40.8 Å². The topological polar surface area (TPSA) is 54.3 Å². The van der Waals surface area contributed by atoms with Gasteiger partial charge < -0.3 is 15.1 Å². The Hall–Kier alpha value is -2.14. The molecule has 1 saturated heterocycles. The number of halogens is 1. The first-order chi connectivity index (χ1) is 11.6. The molecule has 1 fully saturated rings. The predicted octanol–water partition coefficient (Wildman–Crippen LogP) is 3.13. The molecule has 1 aliphatic rings. The number of carbonyl (C=O) groups is 1. The van der Waals surface area contributed by atoms with E-state index in [1.54, 1.807) is 24.3 Å². The normalized spacial score (nSPS) is 20.8. The molecule has 4 nitrogen and oxygen atoms in total. The van der Waals surface area contributed by atoms with Gasteiger partial charge in [0.1, 0.15) is 17.3 Å². The summed E-state index contributed by atoms with van der Waals surface area (Å²) in [5.74, 6) is 1.37. The highest BCUT2D eigenvalue weighted by Crippen LogP contribution is 2.25. The van der Waals surface area contributed by atoms with Crippen molar-refractivity contribution in [2.75, 3.05) is 13.1 Å². The molecule has 2 N–H and O–H groups in total. The Morgan fingerprint density at radius 2 is 2.17 bits per heavy atom. The Morgan fingerprint density at radius 3 is 2.96 bits per heavy atom. The third-order valence-corrected chi connectivity index (χ3v) is 4.53. The molecular weight excluding hydrogens is 307 g/mol. The number of hydrogen-bond donors (Lipinski definition) is 2. The van der Waals surface area contributed by atoms with E-state index in [0.717, 1.165) is 19.5 Å². The van der Waals surface area contributed by atoms with Crippen LogP contribution in [-0.4, -0.2) is 25.0 Å². The maximum atomic E-state index is 13.8. The maximum Gasteiger partial charge on any atom is 0.220 e. The van der Waals surface area contributed by atoms with E-state index in [9.17, 15) is 9.18 Å². The van der Waals surface area contributed by atoms with Crippen LogP contribution in [0, 0.1) is 11.7 Å². The van der Waals surface area contributed by atoms with E-state index in [2.05, 4.69) is 17.6 Å². The molecule has 5 heteroatoms. The zero-order valence-corrected chi connectivity index (χ0v) is 13.8. The van der Waals surface area contributed by atoms with E-state index in [4.69, 9.17) is 4.42 Å². The first-order valence-corrected chi connectivity index (χ1v) is 8.47. The van der Waals surface area contributed by atoms with Crippen molar-refractivity contribution in [3.8, 4) is 11.3 Å². The number of furan rings is 1. The first-order valence-electron chi connectivity index (χ1n) is 8.47. The van der Waals surface area contributed by atoms with Crippen molar-refractivity contribution < 1.29 is 13.6 Å². The number of piperidine rings is 1. The van der Waals surface area contributed by atoms with Gasteiger partial charge in [0.25, 0.3) is 0 Å². The molecule has 1 aromatic carbocycles. The highest BCUT2D eigenvalue weighted by molar-refractivity contribution is 5.76. The van der Waals surface area contributed by atoms with Gasteiger partial charge in [-0.25, -0.2) is 4.39 Å². The number of hydrogen-bond acceptors (Lipinski definition) is 3. The molecule has 1 aromatic heterocycles. The maximum absolute atomic E-state index is 13.8. The lowest BCUT2D eigenvalue weighted by Gasteiger charge is -2.30. The molecule has 0 radical (unpaired) electrons. The number of benzene rings is 1. The molecule has 1 amide bonds. The van der Waals surface area contributed by atoms with E-state index in [-0.39, 0.29) is 17.8 Å². The van der Waals surface area contributed by atoms with Crippen LogP contribution in [0.25, 0.3) is 11.3 Å². The minimum absolute atomic E-state index is 0.0394. The van der Waals surface area contributed by atoms with Crippen LogP contribution >= 0.6 is 0 Å². The Kier molecular flexibility index (Phi) is 5.30. The molecule has 0 bridgehead atoms. The summed E-state index contributed by atoms with van der Waals surface area (Å²) in [6, 6.07) is 10.3. The molecule has 1 aliphatic heterocycles. The van der Waals surface area contributed by atoms with Crippen molar-refractivity contribution in [3.05, 3.63) is 48.0 Å². The number of rotatable bonds is 5. The van der Waals surface area contributed by atoms with Crippen molar-refractivity contribution in [2.45, 2.75) is 32.2 Å². The Bertz CT molecular complexity index is 698. The fourth-order valence-corrected chi connectivity index (χ4v) is 3.06. The molecule has 0 spiro atoms. The summed E-state index contributed by atoms with van der Waals surface area (Å²) in [6.07, 6.45) is 1.85. The number of aryl methyl sites for hydroxylation is 1. The van der Waals surface area contributed by atoms with Gasteiger partial charge in [-0.15, -0.1) is 0 Å². The van der Waals surface area contributed by atoms with Crippen LogP contribution in [-0.2, 0) is 11.2 Å². The number of nitrogens with one attached hydrogen (secondary N) is 2. The molecule has 3 rings (SSSR count). The molecular formula is C19H23FN2O2. The molecule has 24 heavy (non-hydrogen) atoms. The Balaban J connectivity index is 1.54. The quantitative estimate of drug-likeness (QED) is 0.885. The van der Waals surface area contributed by atoms with Crippen LogP contribution in [0.1, 0.15) is 25.5 Å². The summed E-state index contributed by atoms with van der Waals surface area (Å²) in [7, 11) is 0. The van der Waals surface area contributed by atoms with Crippen LogP contribution < -0.4 is 10.6 Å². The van der Waals surface area contributed by atoms with E-state index in [0.29, 0.717) is 35.8 Å². The van der Waals surface area contributed by atoms with Gasteiger partial charge in [-0.05, 0) is 49.7 Å². The van der Waals surface area contributed by atoms with Gasteiger partial charge in [0, 0.05) is 18.9 Å². The van der Waals surface area contributed by atoms with Crippen LogP contribution in [0.3, 0.4) is 0 Å². The van der Waals surface area contributed by atoms with Crippen molar-refractivity contribution in [1.82, 2.24) is 10.6 Å². The van der Waals surface area contributed by atoms with Crippen molar-refractivity contribution in [1.29, 1.82) is 0 Å². The highest BCUT2D eigenvalue weighted by atomic mass is 19.1. The zero-order chi connectivity index (χ0) is 16.9.